The van der Waals surface area contributed by atoms with Crippen molar-refractivity contribution in [1.82, 2.24) is 9.97 Å². The van der Waals surface area contributed by atoms with Crippen LogP contribution in [-0.4, -0.2) is 22.6 Å². The van der Waals surface area contributed by atoms with E-state index in [1.54, 1.807) is 0 Å². The average molecular weight is 256 g/mol. The molecule has 1 fully saturated rings. The average Bonchev–Trinajstić information content (AvgIpc) is 3.04. The zero-order valence-electron chi connectivity index (χ0n) is 8.28. The van der Waals surface area contributed by atoms with Crippen molar-refractivity contribution in [3.8, 4) is 0 Å². The number of aromatic nitrogens is 2. The van der Waals surface area contributed by atoms with Crippen LogP contribution in [-0.2, 0) is 5.33 Å². The fourth-order valence-corrected chi connectivity index (χ4v) is 1.80. The first-order valence-electron chi connectivity index (χ1n) is 4.98. The third-order valence-electron chi connectivity index (χ3n) is 2.43. The highest BCUT2D eigenvalue weighted by Gasteiger charge is 2.29. The van der Waals surface area contributed by atoms with Crippen molar-refractivity contribution in [3.05, 3.63) is 18.0 Å². The molecular formula is C10H14BrN3. The molecule has 1 aromatic heterocycles. The standard InChI is InChI=1S/C10H14BrN3/c1-2-14(9-3-4-9)10-12-6-8(5-11)7-13-10/h6-7,9H,2-5H2,1H3. The fourth-order valence-electron chi connectivity index (χ4n) is 1.51. The summed E-state index contributed by atoms with van der Waals surface area (Å²) in [6.45, 7) is 3.15. The summed E-state index contributed by atoms with van der Waals surface area (Å²) in [7, 11) is 0. The number of anilines is 1. The molecule has 0 amide bonds. The van der Waals surface area contributed by atoms with Gasteiger partial charge in [-0.25, -0.2) is 9.97 Å². The summed E-state index contributed by atoms with van der Waals surface area (Å²) in [5.41, 5.74) is 1.13. The van der Waals surface area contributed by atoms with Crippen molar-refractivity contribution in [1.29, 1.82) is 0 Å². The topological polar surface area (TPSA) is 29.0 Å². The molecule has 1 saturated carbocycles. The zero-order chi connectivity index (χ0) is 9.97. The lowest BCUT2D eigenvalue weighted by Gasteiger charge is -2.19. The van der Waals surface area contributed by atoms with Crippen LogP contribution >= 0.6 is 15.9 Å². The molecule has 0 saturated heterocycles. The maximum atomic E-state index is 4.37. The van der Waals surface area contributed by atoms with Crippen molar-refractivity contribution in [2.24, 2.45) is 0 Å². The minimum atomic E-state index is 0.690. The van der Waals surface area contributed by atoms with Gasteiger partial charge in [0.05, 0.1) is 0 Å². The molecule has 1 heterocycles. The molecule has 0 N–H and O–H groups in total. The number of hydrogen-bond acceptors (Lipinski definition) is 3. The molecule has 0 unspecified atom stereocenters. The molecule has 14 heavy (non-hydrogen) atoms. The maximum Gasteiger partial charge on any atom is 0.225 e. The highest BCUT2D eigenvalue weighted by molar-refractivity contribution is 9.08. The Balaban J connectivity index is 2.13. The third-order valence-corrected chi connectivity index (χ3v) is 3.08. The van der Waals surface area contributed by atoms with Gasteiger partial charge in [0.15, 0.2) is 0 Å². The van der Waals surface area contributed by atoms with E-state index in [0.717, 1.165) is 23.4 Å². The normalized spacial score (nSPS) is 15.6. The van der Waals surface area contributed by atoms with E-state index in [-0.39, 0.29) is 0 Å². The van der Waals surface area contributed by atoms with Crippen molar-refractivity contribution >= 4 is 21.9 Å². The molecule has 0 aromatic carbocycles. The highest BCUT2D eigenvalue weighted by Crippen LogP contribution is 2.29. The van der Waals surface area contributed by atoms with Gasteiger partial charge in [-0.1, -0.05) is 15.9 Å². The van der Waals surface area contributed by atoms with Gasteiger partial charge in [-0.3, -0.25) is 0 Å². The first-order chi connectivity index (χ1) is 6.85. The van der Waals surface area contributed by atoms with Crippen LogP contribution in [0.5, 0.6) is 0 Å². The Morgan fingerprint density at radius 1 is 1.43 bits per heavy atom. The van der Waals surface area contributed by atoms with E-state index in [2.05, 4.69) is 37.7 Å². The SMILES string of the molecule is CCN(c1ncc(CBr)cn1)C1CC1. The monoisotopic (exact) mass is 255 g/mol. The number of nitrogens with zero attached hydrogens (tertiary/aromatic N) is 3. The van der Waals surface area contributed by atoms with Gasteiger partial charge >= 0.3 is 0 Å². The molecular weight excluding hydrogens is 242 g/mol. The first kappa shape index (κ1) is 9.90. The van der Waals surface area contributed by atoms with Gasteiger partial charge < -0.3 is 4.90 Å². The highest BCUT2D eigenvalue weighted by atomic mass is 79.9. The van der Waals surface area contributed by atoms with Gasteiger partial charge in [-0.05, 0) is 25.3 Å². The van der Waals surface area contributed by atoms with E-state index in [4.69, 9.17) is 0 Å². The van der Waals surface area contributed by atoms with Crippen molar-refractivity contribution in [3.63, 3.8) is 0 Å². The van der Waals surface area contributed by atoms with Crippen LogP contribution in [0, 0.1) is 0 Å². The minimum Gasteiger partial charge on any atom is -0.338 e. The van der Waals surface area contributed by atoms with Gasteiger partial charge in [0.1, 0.15) is 0 Å². The predicted molar refractivity (Wildman–Crippen MR) is 60.7 cm³/mol. The summed E-state index contributed by atoms with van der Waals surface area (Å²) >= 11 is 3.38. The third kappa shape index (κ3) is 2.05. The predicted octanol–water partition coefficient (Wildman–Crippen LogP) is 2.36. The quantitative estimate of drug-likeness (QED) is 0.774. The number of rotatable bonds is 4. The van der Waals surface area contributed by atoms with E-state index >= 15 is 0 Å². The second kappa shape index (κ2) is 4.26. The molecule has 0 radical (unpaired) electrons. The second-order valence-electron chi connectivity index (χ2n) is 3.54. The summed E-state index contributed by atoms with van der Waals surface area (Å²) in [6.07, 6.45) is 6.36. The molecule has 76 valence electrons. The van der Waals surface area contributed by atoms with Crippen LogP contribution in [0.15, 0.2) is 12.4 Å². The van der Waals surface area contributed by atoms with Crippen LogP contribution in [0.3, 0.4) is 0 Å². The van der Waals surface area contributed by atoms with Crippen molar-refractivity contribution in [2.45, 2.75) is 31.1 Å². The molecule has 4 heteroatoms. The molecule has 0 spiro atoms. The Hall–Kier alpha value is -0.640. The molecule has 1 aliphatic carbocycles. The number of hydrogen-bond donors (Lipinski definition) is 0. The van der Waals surface area contributed by atoms with E-state index in [1.807, 2.05) is 12.4 Å². The molecule has 3 nitrogen and oxygen atoms in total. The zero-order valence-corrected chi connectivity index (χ0v) is 9.87. The van der Waals surface area contributed by atoms with E-state index in [0.29, 0.717) is 6.04 Å². The van der Waals surface area contributed by atoms with Gasteiger partial charge in [-0.15, -0.1) is 0 Å². The summed E-state index contributed by atoms with van der Waals surface area (Å²) < 4.78 is 0. The Kier molecular flexibility index (Phi) is 3.01. The van der Waals surface area contributed by atoms with Crippen LogP contribution in [0.2, 0.25) is 0 Å². The summed E-state index contributed by atoms with van der Waals surface area (Å²) in [4.78, 5) is 11.0. The molecule has 0 aliphatic heterocycles. The van der Waals surface area contributed by atoms with Crippen LogP contribution in [0.1, 0.15) is 25.3 Å². The van der Waals surface area contributed by atoms with Crippen LogP contribution in [0.25, 0.3) is 0 Å². The number of alkyl halides is 1. The fraction of sp³-hybridized carbons (Fsp3) is 0.600. The largest absolute Gasteiger partial charge is 0.338 e. The Bertz CT molecular complexity index is 295. The van der Waals surface area contributed by atoms with Gasteiger partial charge in [0.25, 0.3) is 0 Å². The minimum absolute atomic E-state index is 0.690. The lowest BCUT2D eigenvalue weighted by molar-refractivity contribution is 0.785. The smallest absolute Gasteiger partial charge is 0.225 e. The Morgan fingerprint density at radius 3 is 2.50 bits per heavy atom. The number of halogens is 1. The lowest BCUT2D eigenvalue weighted by atomic mass is 10.4. The molecule has 1 aromatic rings. The Labute approximate surface area is 92.7 Å². The molecule has 2 rings (SSSR count). The van der Waals surface area contributed by atoms with E-state index in [1.165, 1.54) is 12.8 Å². The Morgan fingerprint density at radius 2 is 2.07 bits per heavy atom. The summed E-state index contributed by atoms with van der Waals surface area (Å²) in [6, 6.07) is 0.690. The lowest BCUT2D eigenvalue weighted by Crippen LogP contribution is -2.26. The summed E-state index contributed by atoms with van der Waals surface area (Å²) in [5.74, 6) is 0.875. The van der Waals surface area contributed by atoms with Gasteiger partial charge in [0, 0.05) is 30.3 Å². The second-order valence-corrected chi connectivity index (χ2v) is 4.10. The summed E-state index contributed by atoms with van der Waals surface area (Å²) in [5, 5.41) is 0.822. The maximum absolute atomic E-state index is 4.37. The van der Waals surface area contributed by atoms with Crippen molar-refractivity contribution < 1.29 is 0 Å². The first-order valence-corrected chi connectivity index (χ1v) is 6.10. The van der Waals surface area contributed by atoms with E-state index in [9.17, 15) is 0 Å². The van der Waals surface area contributed by atoms with Crippen LogP contribution < -0.4 is 4.90 Å². The van der Waals surface area contributed by atoms with Gasteiger partial charge in [-0.2, -0.15) is 0 Å². The van der Waals surface area contributed by atoms with Crippen LogP contribution in [0.4, 0.5) is 5.95 Å². The molecule has 0 atom stereocenters. The molecule has 0 bridgehead atoms. The van der Waals surface area contributed by atoms with Gasteiger partial charge in [0.2, 0.25) is 5.95 Å². The molecule has 1 aliphatic rings. The van der Waals surface area contributed by atoms with E-state index < -0.39 is 0 Å². The van der Waals surface area contributed by atoms with Crippen molar-refractivity contribution in [2.75, 3.05) is 11.4 Å².